The third kappa shape index (κ3) is 5.83. The average molecular weight is 465 g/mol. The Labute approximate surface area is 165 Å². The van der Waals surface area contributed by atoms with E-state index in [4.69, 9.17) is 0 Å². The van der Waals surface area contributed by atoms with Gasteiger partial charge in [0.15, 0.2) is 0 Å². The van der Waals surface area contributed by atoms with Gasteiger partial charge in [0.1, 0.15) is 0 Å². The van der Waals surface area contributed by atoms with E-state index < -0.39 is 0 Å². The van der Waals surface area contributed by atoms with Crippen molar-refractivity contribution in [1.82, 2.24) is 10.6 Å². The molecule has 0 aliphatic rings. The fourth-order valence-electron chi connectivity index (χ4n) is 2.15. The zero-order valence-corrected chi connectivity index (χ0v) is 16.5. The molecular formula is C19H20IN3O3. The molecule has 0 aromatic heterocycles. The lowest BCUT2D eigenvalue weighted by molar-refractivity contribution is -0.115. The molecule has 3 amide bonds. The fraction of sp³-hybridized carbons (Fsp3) is 0.211. The zero-order chi connectivity index (χ0) is 18.9. The standard InChI is InChI=1S/C19H20IN3O3/c1-2-11-21-18(25)13-7-9-14(10-8-13)23-17(24)12-22-19(26)15-5-3-4-6-16(15)20/h3-10H,2,11-12H2,1H3,(H,21,25)(H,22,26)(H,23,24). The van der Waals surface area contributed by atoms with E-state index in [0.29, 0.717) is 23.4 Å². The molecule has 136 valence electrons. The van der Waals surface area contributed by atoms with Gasteiger partial charge in [0.05, 0.1) is 12.1 Å². The van der Waals surface area contributed by atoms with Crippen molar-refractivity contribution >= 4 is 46.0 Å². The summed E-state index contributed by atoms with van der Waals surface area (Å²) in [5.41, 5.74) is 1.62. The predicted molar refractivity (Wildman–Crippen MR) is 109 cm³/mol. The second kappa shape index (κ2) is 9.91. The van der Waals surface area contributed by atoms with Crippen molar-refractivity contribution in [2.24, 2.45) is 0 Å². The molecule has 7 heteroatoms. The summed E-state index contributed by atoms with van der Waals surface area (Å²) < 4.78 is 0.819. The van der Waals surface area contributed by atoms with Crippen LogP contribution < -0.4 is 16.0 Å². The van der Waals surface area contributed by atoms with Crippen molar-refractivity contribution in [2.75, 3.05) is 18.4 Å². The Morgan fingerprint density at radius 2 is 1.62 bits per heavy atom. The number of rotatable bonds is 7. The molecule has 0 radical (unpaired) electrons. The van der Waals surface area contributed by atoms with Crippen LogP contribution in [0.2, 0.25) is 0 Å². The first-order valence-electron chi connectivity index (χ1n) is 8.22. The van der Waals surface area contributed by atoms with Crippen LogP contribution in [-0.4, -0.2) is 30.8 Å². The highest BCUT2D eigenvalue weighted by Gasteiger charge is 2.11. The van der Waals surface area contributed by atoms with Crippen LogP contribution in [0.15, 0.2) is 48.5 Å². The second-order valence-electron chi connectivity index (χ2n) is 5.54. The quantitative estimate of drug-likeness (QED) is 0.550. The van der Waals surface area contributed by atoms with Crippen LogP contribution in [0, 0.1) is 3.57 Å². The highest BCUT2D eigenvalue weighted by atomic mass is 127. The third-order valence-electron chi connectivity index (χ3n) is 3.49. The number of hydrogen-bond acceptors (Lipinski definition) is 3. The van der Waals surface area contributed by atoms with Gasteiger partial charge in [-0.25, -0.2) is 0 Å². The Morgan fingerprint density at radius 3 is 2.27 bits per heavy atom. The summed E-state index contributed by atoms with van der Waals surface area (Å²) in [5, 5.41) is 8.07. The van der Waals surface area contributed by atoms with Crippen LogP contribution >= 0.6 is 22.6 Å². The van der Waals surface area contributed by atoms with Crippen molar-refractivity contribution in [3.63, 3.8) is 0 Å². The minimum Gasteiger partial charge on any atom is -0.352 e. The van der Waals surface area contributed by atoms with E-state index >= 15 is 0 Å². The van der Waals surface area contributed by atoms with Gasteiger partial charge >= 0.3 is 0 Å². The number of halogens is 1. The molecule has 26 heavy (non-hydrogen) atoms. The molecule has 6 nitrogen and oxygen atoms in total. The first-order valence-corrected chi connectivity index (χ1v) is 9.30. The van der Waals surface area contributed by atoms with Gasteiger partial charge in [0.25, 0.3) is 11.8 Å². The Balaban J connectivity index is 1.85. The highest BCUT2D eigenvalue weighted by Crippen LogP contribution is 2.11. The molecule has 0 aliphatic heterocycles. The minimum absolute atomic E-state index is 0.136. The maximum absolute atomic E-state index is 12.1. The van der Waals surface area contributed by atoms with Crippen LogP contribution in [0.5, 0.6) is 0 Å². The SMILES string of the molecule is CCCNC(=O)c1ccc(NC(=O)CNC(=O)c2ccccc2I)cc1. The van der Waals surface area contributed by atoms with Gasteiger partial charge in [-0.15, -0.1) is 0 Å². The molecule has 0 spiro atoms. The van der Waals surface area contributed by atoms with E-state index in [-0.39, 0.29) is 24.3 Å². The van der Waals surface area contributed by atoms with Crippen molar-refractivity contribution in [3.8, 4) is 0 Å². The topological polar surface area (TPSA) is 87.3 Å². The third-order valence-corrected chi connectivity index (χ3v) is 4.44. The molecule has 2 aromatic rings. The van der Waals surface area contributed by atoms with E-state index in [9.17, 15) is 14.4 Å². The smallest absolute Gasteiger partial charge is 0.252 e. The van der Waals surface area contributed by atoms with Gasteiger partial charge in [-0.05, 0) is 65.4 Å². The first-order chi connectivity index (χ1) is 12.5. The number of amides is 3. The van der Waals surface area contributed by atoms with Crippen molar-refractivity contribution in [1.29, 1.82) is 0 Å². The van der Waals surface area contributed by atoms with Crippen LogP contribution in [0.3, 0.4) is 0 Å². The molecule has 0 bridgehead atoms. The Kier molecular flexibility index (Phi) is 7.58. The zero-order valence-electron chi connectivity index (χ0n) is 14.3. The molecule has 0 heterocycles. The average Bonchev–Trinajstić information content (AvgIpc) is 2.65. The van der Waals surface area contributed by atoms with E-state index in [0.717, 1.165) is 9.99 Å². The summed E-state index contributed by atoms with van der Waals surface area (Å²) in [7, 11) is 0. The second-order valence-corrected chi connectivity index (χ2v) is 6.71. The Bertz CT molecular complexity index is 791. The lowest BCUT2D eigenvalue weighted by Crippen LogP contribution is -2.33. The first kappa shape index (κ1) is 19.9. The van der Waals surface area contributed by atoms with Gasteiger partial charge in [-0.3, -0.25) is 14.4 Å². The van der Waals surface area contributed by atoms with Gasteiger partial charge in [0.2, 0.25) is 5.91 Å². The molecule has 0 atom stereocenters. The van der Waals surface area contributed by atoms with Gasteiger partial charge < -0.3 is 16.0 Å². The number of anilines is 1. The van der Waals surface area contributed by atoms with E-state index in [1.165, 1.54) is 0 Å². The maximum Gasteiger partial charge on any atom is 0.252 e. The molecule has 0 saturated heterocycles. The molecule has 2 aromatic carbocycles. The summed E-state index contributed by atoms with van der Waals surface area (Å²) >= 11 is 2.07. The molecular weight excluding hydrogens is 445 g/mol. The normalized spacial score (nSPS) is 10.1. The monoisotopic (exact) mass is 465 g/mol. The summed E-state index contributed by atoms with van der Waals surface area (Å²) in [6.07, 6.45) is 0.869. The molecule has 3 N–H and O–H groups in total. The summed E-state index contributed by atoms with van der Waals surface area (Å²) in [4.78, 5) is 35.9. The molecule has 0 aliphatic carbocycles. The number of carbonyl (C=O) groups excluding carboxylic acids is 3. The minimum atomic E-state index is -0.340. The number of hydrogen-bond donors (Lipinski definition) is 3. The fourth-order valence-corrected chi connectivity index (χ4v) is 2.78. The predicted octanol–water partition coefficient (Wildman–Crippen LogP) is 2.80. The molecule has 0 fully saturated rings. The highest BCUT2D eigenvalue weighted by molar-refractivity contribution is 14.1. The molecule has 0 unspecified atom stereocenters. The summed E-state index contributed by atoms with van der Waals surface area (Å²) in [6, 6.07) is 13.7. The van der Waals surface area contributed by atoms with Crippen LogP contribution in [0.1, 0.15) is 34.1 Å². The van der Waals surface area contributed by atoms with Crippen LogP contribution in [-0.2, 0) is 4.79 Å². The van der Waals surface area contributed by atoms with Crippen LogP contribution in [0.25, 0.3) is 0 Å². The lowest BCUT2D eigenvalue weighted by atomic mass is 10.2. The molecule has 2 rings (SSSR count). The van der Waals surface area contributed by atoms with Gasteiger partial charge in [-0.2, -0.15) is 0 Å². The number of carbonyl (C=O) groups is 3. The molecule has 0 saturated carbocycles. The van der Waals surface area contributed by atoms with Crippen molar-refractivity contribution in [3.05, 3.63) is 63.2 Å². The van der Waals surface area contributed by atoms with E-state index in [1.54, 1.807) is 36.4 Å². The van der Waals surface area contributed by atoms with Crippen molar-refractivity contribution < 1.29 is 14.4 Å². The van der Waals surface area contributed by atoms with E-state index in [1.807, 2.05) is 19.1 Å². The van der Waals surface area contributed by atoms with Gasteiger partial charge in [0, 0.05) is 21.4 Å². The number of nitrogens with one attached hydrogen (secondary N) is 3. The van der Waals surface area contributed by atoms with Crippen LogP contribution in [0.4, 0.5) is 5.69 Å². The Morgan fingerprint density at radius 1 is 0.923 bits per heavy atom. The summed E-state index contributed by atoms with van der Waals surface area (Å²) in [5.74, 6) is -0.782. The van der Waals surface area contributed by atoms with Gasteiger partial charge in [-0.1, -0.05) is 19.1 Å². The van der Waals surface area contributed by atoms with E-state index in [2.05, 4.69) is 38.5 Å². The maximum atomic E-state index is 12.1. The summed E-state index contributed by atoms with van der Waals surface area (Å²) in [6.45, 7) is 2.47. The number of benzene rings is 2. The largest absolute Gasteiger partial charge is 0.352 e. The Hall–Kier alpha value is -2.42. The van der Waals surface area contributed by atoms with Crippen molar-refractivity contribution in [2.45, 2.75) is 13.3 Å². The lowest BCUT2D eigenvalue weighted by Gasteiger charge is -2.09.